The summed E-state index contributed by atoms with van der Waals surface area (Å²) in [5, 5.41) is 8.99. The van der Waals surface area contributed by atoms with Crippen molar-refractivity contribution in [1.82, 2.24) is 15.2 Å². The Morgan fingerprint density at radius 3 is 2.71 bits per heavy atom. The second-order valence-corrected chi connectivity index (χ2v) is 6.99. The number of rotatable bonds is 6. The van der Waals surface area contributed by atoms with Gasteiger partial charge in [0, 0.05) is 5.56 Å². The van der Waals surface area contributed by atoms with Crippen LogP contribution in [0, 0.1) is 0 Å². The van der Waals surface area contributed by atoms with Crippen LogP contribution in [0.15, 0.2) is 40.8 Å². The molecule has 0 radical (unpaired) electrons. The van der Waals surface area contributed by atoms with Gasteiger partial charge in [0.25, 0.3) is 5.91 Å². The normalized spacial score (nSPS) is 10.9. The molecule has 4 aromatic rings. The lowest BCUT2D eigenvalue weighted by atomic mass is 10.1. The maximum atomic E-state index is 11.6. The molecular weight excluding hydrogens is 380 g/mol. The van der Waals surface area contributed by atoms with E-state index in [1.54, 1.807) is 36.6 Å². The highest BCUT2D eigenvalue weighted by atomic mass is 32.1. The highest BCUT2D eigenvalue weighted by Gasteiger charge is 2.16. The molecule has 1 amide bonds. The van der Waals surface area contributed by atoms with Crippen LogP contribution in [0.3, 0.4) is 0 Å². The van der Waals surface area contributed by atoms with E-state index < -0.39 is 5.91 Å². The van der Waals surface area contributed by atoms with Crippen molar-refractivity contribution in [2.24, 2.45) is 5.73 Å². The Bertz CT molecular complexity index is 1170. The van der Waals surface area contributed by atoms with Crippen LogP contribution in [0.1, 0.15) is 21.3 Å². The summed E-state index contributed by atoms with van der Waals surface area (Å²) in [6.07, 6.45) is 0.397. The van der Waals surface area contributed by atoms with E-state index in [4.69, 9.17) is 19.6 Å². The zero-order valence-corrected chi connectivity index (χ0v) is 15.9. The molecule has 2 N–H and O–H groups in total. The van der Waals surface area contributed by atoms with Crippen molar-refractivity contribution in [3.8, 4) is 23.0 Å². The van der Waals surface area contributed by atoms with Gasteiger partial charge >= 0.3 is 0 Å². The molecule has 142 valence electrons. The number of benzene rings is 2. The van der Waals surface area contributed by atoms with Gasteiger partial charge in [-0.3, -0.25) is 4.79 Å². The predicted molar refractivity (Wildman–Crippen MR) is 104 cm³/mol. The molecule has 0 aliphatic rings. The zero-order chi connectivity index (χ0) is 19.7. The molecule has 0 unspecified atom stereocenters. The number of fused-ring (bicyclic) bond motifs is 1. The van der Waals surface area contributed by atoms with Crippen LogP contribution in [0.4, 0.5) is 0 Å². The zero-order valence-electron chi connectivity index (χ0n) is 15.1. The Balaban J connectivity index is 1.62. The van der Waals surface area contributed by atoms with E-state index in [0.29, 0.717) is 29.5 Å². The number of nitrogens with two attached hydrogens (primary N) is 1. The lowest BCUT2D eigenvalue weighted by molar-refractivity contribution is 0.0997. The molecule has 0 fully saturated rings. The molecule has 8 nitrogen and oxygen atoms in total. The number of methoxy groups -OCH3 is 2. The number of hydrogen-bond acceptors (Lipinski definition) is 8. The number of carbonyl (C=O) groups is 1. The number of primary amides is 1. The van der Waals surface area contributed by atoms with E-state index in [-0.39, 0.29) is 5.56 Å². The van der Waals surface area contributed by atoms with Gasteiger partial charge in [0.1, 0.15) is 22.0 Å². The van der Waals surface area contributed by atoms with E-state index in [2.05, 4.69) is 15.2 Å². The molecule has 0 saturated carbocycles. The Labute approximate surface area is 163 Å². The standard InChI is InChI=1S/C19H16N4O4S/c1-25-12-7-6-10(8-11(12)18(20)24)19-23-22-15(27-19)9-16-21-17-13(26-2)4-3-5-14(17)28-16/h3-8H,9H2,1-2H3,(H2,20,24). The highest BCUT2D eigenvalue weighted by molar-refractivity contribution is 7.18. The first-order chi connectivity index (χ1) is 13.6. The number of nitrogens with zero attached hydrogens (tertiary/aromatic N) is 3. The van der Waals surface area contributed by atoms with Gasteiger partial charge in [0.15, 0.2) is 0 Å². The molecular formula is C19H16N4O4S. The topological polar surface area (TPSA) is 113 Å². The summed E-state index contributed by atoms with van der Waals surface area (Å²) in [4.78, 5) is 16.2. The molecule has 0 atom stereocenters. The Morgan fingerprint density at radius 2 is 1.96 bits per heavy atom. The first-order valence-corrected chi connectivity index (χ1v) is 9.13. The Kier molecular flexibility index (Phi) is 4.66. The smallest absolute Gasteiger partial charge is 0.252 e. The van der Waals surface area contributed by atoms with Gasteiger partial charge in [0.05, 0.1) is 30.9 Å². The summed E-state index contributed by atoms with van der Waals surface area (Å²) in [7, 11) is 3.09. The highest BCUT2D eigenvalue weighted by Crippen LogP contribution is 2.31. The van der Waals surface area contributed by atoms with Crippen molar-refractivity contribution in [2.45, 2.75) is 6.42 Å². The fourth-order valence-electron chi connectivity index (χ4n) is 2.81. The van der Waals surface area contributed by atoms with Crippen LogP contribution in [-0.2, 0) is 6.42 Å². The summed E-state index contributed by atoms with van der Waals surface area (Å²) in [6.45, 7) is 0. The molecule has 0 aliphatic carbocycles. The van der Waals surface area contributed by atoms with E-state index in [1.165, 1.54) is 7.11 Å². The minimum Gasteiger partial charge on any atom is -0.496 e. The van der Waals surface area contributed by atoms with E-state index >= 15 is 0 Å². The minimum absolute atomic E-state index is 0.248. The number of hydrogen-bond donors (Lipinski definition) is 1. The van der Waals surface area contributed by atoms with E-state index in [9.17, 15) is 4.79 Å². The number of thiazole rings is 1. The number of amides is 1. The lowest BCUT2D eigenvalue weighted by Gasteiger charge is -2.06. The van der Waals surface area contributed by atoms with Crippen LogP contribution in [0.25, 0.3) is 21.7 Å². The summed E-state index contributed by atoms with van der Waals surface area (Å²) < 4.78 is 17.3. The first-order valence-electron chi connectivity index (χ1n) is 8.32. The summed E-state index contributed by atoms with van der Waals surface area (Å²) in [5.41, 5.74) is 7.04. The van der Waals surface area contributed by atoms with Crippen molar-refractivity contribution in [3.63, 3.8) is 0 Å². The van der Waals surface area contributed by atoms with E-state index in [0.717, 1.165) is 21.0 Å². The molecule has 0 bridgehead atoms. The largest absolute Gasteiger partial charge is 0.496 e. The third-order valence-electron chi connectivity index (χ3n) is 4.13. The number of carbonyl (C=O) groups excluding carboxylic acids is 1. The van der Waals surface area contributed by atoms with Crippen molar-refractivity contribution in [3.05, 3.63) is 52.9 Å². The summed E-state index contributed by atoms with van der Waals surface area (Å²) in [5.74, 6) is 1.23. The van der Waals surface area contributed by atoms with Crippen molar-refractivity contribution >= 4 is 27.5 Å². The Morgan fingerprint density at radius 1 is 1.14 bits per heavy atom. The van der Waals surface area contributed by atoms with Crippen LogP contribution in [0.2, 0.25) is 0 Å². The molecule has 9 heteroatoms. The second-order valence-electron chi connectivity index (χ2n) is 5.87. The first kappa shape index (κ1) is 17.9. The van der Waals surface area contributed by atoms with Crippen LogP contribution in [0.5, 0.6) is 11.5 Å². The van der Waals surface area contributed by atoms with Gasteiger partial charge in [0.2, 0.25) is 11.8 Å². The SMILES string of the molecule is COc1ccc(-c2nnc(Cc3nc4c(OC)cccc4s3)o2)cc1C(N)=O. The third-order valence-corrected chi connectivity index (χ3v) is 5.15. The molecule has 0 saturated heterocycles. The van der Waals surface area contributed by atoms with Crippen LogP contribution >= 0.6 is 11.3 Å². The number of aromatic nitrogens is 3. The quantitative estimate of drug-likeness (QED) is 0.533. The number of para-hydroxylation sites is 1. The van der Waals surface area contributed by atoms with E-state index in [1.807, 2.05) is 18.2 Å². The summed E-state index contributed by atoms with van der Waals surface area (Å²) in [6, 6.07) is 10.7. The third kappa shape index (κ3) is 3.27. The van der Waals surface area contributed by atoms with Crippen LogP contribution < -0.4 is 15.2 Å². The average Bonchev–Trinajstić information content (AvgIpc) is 3.33. The van der Waals surface area contributed by atoms with Gasteiger partial charge in [-0.05, 0) is 30.3 Å². The second kappa shape index (κ2) is 7.28. The van der Waals surface area contributed by atoms with Crippen molar-refractivity contribution < 1.29 is 18.7 Å². The predicted octanol–water partition coefficient (Wildman–Crippen LogP) is 3.05. The average molecular weight is 396 g/mol. The van der Waals surface area contributed by atoms with Crippen LogP contribution in [-0.4, -0.2) is 35.3 Å². The molecule has 28 heavy (non-hydrogen) atoms. The molecule has 4 rings (SSSR count). The molecule has 0 spiro atoms. The Hall–Kier alpha value is -3.46. The molecule has 2 aromatic heterocycles. The maximum absolute atomic E-state index is 11.6. The summed E-state index contributed by atoms with van der Waals surface area (Å²) >= 11 is 1.54. The van der Waals surface area contributed by atoms with Gasteiger partial charge in [-0.15, -0.1) is 21.5 Å². The van der Waals surface area contributed by atoms with Crippen molar-refractivity contribution in [1.29, 1.82) is 0 Å². The fourth-order valence-corrected chi connectivity index (χ4v) is 3.79. The molecule has 2 heterocycles. The number of ether oxygens (including phenoxy) is 2. The van der Waals surface area contributed by atoms with Gasteiger partial charge in [-0.1, -0.05) is 6.07 Å². The lowest BCUT2D eigenvalue weighted by Crippen LogP contribution is -2.12. The fraction of sp³-hybridized carbons (Fsp3) is 0.158. The minimum atomic E-state index is -0.595. The monoisotopic (exact) mass is 396 g/mol. The van der Waals surface area contributed by atoms with Gasteiger partial charge in [-0.2, -0.15) is 0 Å². The van der Waals surface area contributed by atoms with Gasteiger partial charge < -0.3 is 19.6 Å². The molecule has 0 aliphatic heterocycles. The maximum Gasteiger partial charge on any atom is 0.252 e. The van der Waals surface area contributed by atoms with Crippen molar-refractivity contribution in [2.75, 3.05) is 14.2 Å². The van der Waals surface area contributed by atoms with Gasteiger partial charge in [-0.25, -0.2) is 4.98 Å². The molecule has 2 aromatic carbocycles.